The van der Waals surface area contributed by atoms with Gasteiger partial charge in [0.2, 0.25) is 0 Å². The summed E-state index contributed by atoms with van der Waals surface area (Å²) in [6, 6.07) is 1.93. The minimum Gasteiger partial charge on any atom is -0.395 e. The number of hydrogen-bond acceptors (Lipinski definition) is 3. The molecule has 0 bridgehead atoms. The van der Waals surface area contributed by atoms with Crippen molar-refractivity contribution >= 4 is 0 Å². The van der Waals surface area contributed by atoms with Crippen molar-refractivity contribution in [1.82, 2.24) is 9.55 Å². The summed E-state index contributed by atoms with van der Waals surface area (Å²) in [4.78, 5) is 15.4. The summed E-state index contributed by atoms with van der Waals surface area (Å²) in [6.07, 6.45) is 1.55. The Morgan fingerprint density at radius 3 is 2.64 bits per heavy atom. The van der Waals surface area contributed by atoms with E-state index in [1.165, 1.54) is 4.57 Å². The molecule has 1 N–H and O–H groups in total. The van der Waals surface area contributed by atoms with E-state index in [0.717, 1.165) is 24.2 Å². The zero-order chi connectivity index (χ0) is 10.6. The van der Waals surface area contributed by atoms with Gasteiger partial charge in [0.05, 0.1) is 13.2 Å². The van der Waals surface area contributed by atoms with Crippen molar-refractivity contribution in [2.24, 2.45) is 0 Å². The summed E-state index contributed by atoms with van der Waals surface area (Å²) in [5.41, 5.74) is 1.51. The standard InChI is InChI=1S/C10H16N2O2/c1-3-8-7-9(4-2)12(5-6-13)10(14)11-8/h7,13H,3-6H2,1-2H3. The lowest BCUT2D eigenvalue weighted by Crippen LogP contribution is -2.28. The zero-order valence-electron chi connectivity index (χ0n) is 8.66. The highest BCUT2D eigenvalue weighted by atomic mass is 16.3. The third kappa shape index (κ3) is 2.20. The minimum absolute atomic E-state index is 0.0277. The summed E-state index contributed by atoms with van der Waals surface area (Å²) in [6.45, 7) is 4.26. The van der Waals surface area contributed by atoms with Gasteiger partial charge in [0.1, 0.15) is 0 Å². The van der Waals surface area contributed by atoms with Crippen LogP contribution in [-0.4, -0.2) is 21.3 Å². The third-order valence-corrected chi connectivity index (χ3v) is 2.20. The average Bonchev–Trinajstić information content (AvgIpc) is 2.20. The van der Waals surface area contributed by atoms with Gasteiger partial charge in [0.15, 0.2) is 0 Å². The van der Waals surface area contributed by atoms with Crippen LogP contribution in [0.5, 0.6) is 0 Å². The second-order valence-electron chi connectivity index (χ2n) is 3.10. The van der Waals surface area contributed by atoms with Crippen LogP contribution in [0.1, 0.15) is 25.2 Å². The molecule has 0 aliphatic heterocycles. The number of aliphatic hydroxyl groups is 1. The molecule has 0 amide bonds. The lowest BCUT2D eigenvalue weighted by Gasteiger charge is -2.10. The highest BCUT2D eigenvalue weighted by Gasteiger charge is 2.04. The van der Waals surface area contributed by atoms with Crippen molar-refractivity contribution in [1.29, 1.82) is 0 Å². The predicted octanol–water partition coefficient (Wildman–Crippen LogP) is 0.360. The van der Waals surface area contributed by atoms with E-state index in [9.17, 15) is 4.79 Å². The second-order valence-corrected chi connectivity index (χ2v) is 3.10. The number of rotatable bonds is 4. The molecule has 0 unspecified atom stereocenters. The van der Waals surface area contributed by atoms with Gasteiger partial charge < -0.3 is 5.11 Å². The average molecular weight is 196 g/mol. The number of nitrogens with zero attached hydrogens (tertiary/aromatic N) is 2. The van der Waals surface area contributed by atoms with Gasteiger partial charge in [0.25, 0.3) is 0 Å². The lowest BCUT2D eigenvalue weighted by molar-refractivity contribution is 0.271. The topological polar surface area (TPSA) is 55.1 Å². The van der Waals surface area contributed by atoms with Gasteiger partial charge in [-0.25, -0.2) is 4.79 Å². The SMILES string of the molecule is CCc1cc(CC)n(CCO)c(=O)n1. The van der Waals surface area contributed by atoms with Gasteiger partial charge in [-0.1, -0.05) is 13.8 Å². The van der Waals surface area contributed by atoms with Gasteiger partial charge in [-0.05, 0) is 18.9 Å². The monoisotopic (exact) mass is 196 g/mol. The molecule has 14 heavy (non-hydrogen) atoms. The Labute approximate surface area is 83.2 Å². The first kappa shape index (κ1) is 10.9. The van der Waals surface area contributed by atoms with Gasteiger partial charge in [-0.15, -0.1) is 0 Å². The van der Waals surface area contributed by atoms with Gasteiger partial charge >= 0.3 is 5.69 Å². The quantitative estimate of drug-likeness (QED) is 0.756. The smallest absolute Gasteiger partial charge is 0.348 e. The van der Waals surface area contributed by atoms with Crippen LogP contribution in [0.2, 0.25) is 0 Å². The first-order valence-electron chi connectivity index (χ1n) is 4.93. The molecule has 0 aromatic carbocycles. The highest BCUT2D eigenvalue weighted by molar-refractivity contribution is 5.10. The maximum atomic E-state index is 11.5. The Hall–Kier alpha value is -1.16. The Morgan fingerprint density at radius 1 is 1.43 bits per heavy atom. The minimum atomic E-state index is -0.254. The molecular weight excluding hydrogens is 180 g/mol. The molecule has 0 fully saturated rings. The number of aromatic nitrogens is 2. The van der Waals surface area contributed by atoms with E-state index in [-0.39, 0.29) is 12.3 Å². The fraction of sp³-hybridized carbons (Fsp3) is 0.600. The van der Waals surface area contributed by atoms with Gasteiger partial charge in [-0.3, -0.25) is 4.57 Å². The number of aryl methyl sites for hydroxylation is 2. The molecule has 1 rings (SSSR count). The van der Waals surface area contributed by atoms with E-state index < -0.39 is 0 Å². The molecule has 0 aliphatic rings. The van der Waals surface area contributed by atoms with Crippen molar-refractivity contribution in [2.45, 2.75) is 33.2 Å². The summed E-state index contributed by atoms with van der Waals surface area (Å²) in [5.74, 6) is 0. The molecule has 78 valence electrons. The van der Waals surface area contributed by atoms with Crippen LogP contribution in [0.3, 0.4) is 0 Å². The molecule has 0 saturated carbocycles. The summed E-state index contributed by atoms with van der Waals surface area (Å²) in [7, 11) is 0. The molecule has 1 heterocycles. The van der Waals surface area contributed by atoms with Crippen LogP contribution in [0.4, 0.5) is 0 Å². The fourth-order valence-electron chi connectivity index (χ4n) is 1.42. The molecule has 1 aromatic rings. The third-order valence-electron chi connectivity index (χ3n) is 2.20. The molecule has 4 heteroatoms. The molecule has 0 saturated heterocycles. The fourth-order valence-corrected chi connectivity index (χ4v) is 1.42. The lowest BCUT2D eigenvalue weighted by atomic mass is 10.2. The normalized spacial score (nSPS) is 10.5. The molecule has 0 spiro atoms. The Morgan fingerprint density at radius 2 is 2.14 bits per heavy atom. The highest BCUT2D eigenvalue weighted by Crippen LogP contribution is 2.01. The van der Waals surface area contributed by atoms with Crippen molar-refractivity contribution < 1.29 is 5.11 Å². The zero-order valence-corrected chi connectivity index (χ0v) is 8.66. The Kier molecular flexibility index (Phi) is 3.83. The second kappa shape index (κ2) is 4.91. The number of hydrogen-bond donors (Lipinski definition) is 1. The first-order chi connectivity index (χ1) is 6.72. The summed E-state index contributed by atoms with van der Waals surface area (Å²) in [5, 5.41) is 8.80. The van der Waals surface area contributed by atoms with E-state index in [1.54, 1.807) is 0 Å². The maximum Gasteiger partial charge on any atom is 0.348 e. The van der Waals surface area contributed by atoms with Crippen LogP contribution in [0.25, 0.3) is 0 Å². The molecule has 4 nitrogen and oxygen atoms in total. The van der Waals surface area contributed by atoms with Crippen LogP contribution < -0.4 is 5.69 Å². The van der Waals surface area contributed by atoms with Crippen molar-refractivity contribution in [2.75, 3.05) is 6.61 Å². The van der Waals surface area contributed by atoms with Crippen molar-refractivity contribution in [3.63, 3.8) is 0 Å². The molecule has 0 aliphatic carbocycles. The van der Waals surface area contributed by atoms with Gasteiger partial charge in [-0.2, -0.15) is 4.98 Å². The van der Waals surface area contributed by atoms with Crippen LogP contribution in [0, 0.1) is 0 Å². The number of aliphatic hydroxyl groups excluding tert-OH is 1. The largest absolute Gasteiger partial charge is 0.395 e. The van der Waals surface area contributed by atoms with E-state index in [0.29, 0.717) is 6.54 Å². The van der Waals surface area contributed by atoms with E-state index >= 15 is 0 Å². The molecular formula is C10H16N2O2. The van der Waals surface area contributed by atoms with E-state index in [1.807, 2.05) is 19.9 Å². The van der Waals surface area contributed by atoms with Crippen LogP contribution >= 0.6 is 0 Å². The predicted molar refractivity (Wildman–Crippen MR) is 54.3 cm³/mol. The Balaban J connectivity index is 3.20. The molecule has 0 radical (unpaired) electrons. The van der Waals surface area contributed by atoms with Crippen LogP contribution in [-0.2, 0) is 19.4 Å². The van der Waals surface area contributed by atoms with Crippen molar-refractivity contribution in [3.8, 4) is 0 Å². The summed E-state index contributed by atoms with van der Waals surface area (Å²) >= 11 is 0. The Bertz CT molecular complexity index is 358. The first-order valence-corrected chi connectivity index (χ1v) is 4.93. The van der Waals surface area contributed by atoms with Crippen LogP contribution in [0.15, 0.2) is 10.9 Å². The maximum absolute atomic E-state index is 11.5. The molecule has 0 atom stereocenters. The summed E-state index contributed by atoms with van der Waals surface area (Å²) < 4.78 is 1.53. The van der Waals surface area contributed by atoms with E-state index in [2.05, 4.69) is 4.98 Å². The van der Waals surface area contributed by atoms with E-state index in [4.69, 9.17) is 5.11 Å². The van der Waals surface area contributed by atoms with Crippen molar-refractivity contribution in [3.05, 3.63) is 27.9 Å². The molecule has 1 aromatic heterocycles. The van der Waals surface area contributed by atoms with Gasteiger partial charge in [0, 0.05) is 11.4 Å².